The number of rotatable bonds is 14. The van der Waals surface area contributed by atoms with E-state index >= 15 is 0 Å². The van der Waals surface area contributed by atoms with Gasteiger partial charge in [0.25, 0.3) is 0 Å². The maximum absolute atomic E-state index is 13.9. The molecule has 0 aromatic carbocycles. The second-order valence-corrected chi connectivity index (χ2v) is 8.25. The minimum Gasteiger partial charge on any atom is -0.396 e. The van der Waals surface area contributed by atoms with Gasteiger partial charge in [-0.15, -0.1) is 0 Å². The molecule has 0 saturated heterocycles. The second-order valence-electron chi connectivity index (χ2n) is 8.25. The van der Waals surface area contributed by atoms with E-state index in [1.807, 2.05) is 0 Å². The Morgan fingerprint density at radius 1 is 0.773 bits per heavy atom. The summed E-state index contributed by atoms with van der Waals surface area (Å²) in [6.07, 6.45) is 10.9. The van der Waals surface area contributed by atoms with Crippen LogP contribution in [0.15, 0.2) is 0 Å². The van der Waals surface area contributed by atoms with Crippen LogP contribution in [0.4, 0.5) is 4.39 Å². The molecule has 0 spiro atoms. The maximum atomic E-state index is 13.9. The van der Waals surface area contributed by atoms with Crippen molar-refractivity contribution in [3.63, 3.8) is 0 Å². The molecule has 0 aliphatic rings. The van der Waals surface area contributed by atoms with Crippen molar-refractivity contribution < 1.29 is 9.50 Å². The third-order valence-corrected chi connectivity index (χ3v) is 4.90. The smallest absolute Gasteiger partial charge is 0.110 e. The molecular formula is C20H41FO. The first-order valence-corrected chi connectivity index (χ1v) is 9.56. The molecule has 0 aromatic rings. The average molecular weight is 317 g/mol. The lowest BCUT2D eigenvalue weighted by Crippen LogP contribution is -2.19. The number of alkyl halides is 1. The molecular weight excluding hydrogens is 275 g/mol. The molecule has 0 rings (SSSR count). The van der Waals surface area contributed by atoms with Crippen LogP contribution in [0.25, 0.3) is 0 Å². The minimum absolute atomic E-state index is 0.0444. The lowest BCUT2D eigenvalue weighted by Gasteiger charge is -2.20. The van der Waals surface area contributed by atoms with Crippen molar-refractivity contribution in [3.05, 3.63) is 0 Å². The molecule has 134 valence electrons. The van der Waals surface area contributed by atoms with Crippen LogP contribution in [0, 0.1) is 17.8 Å². The number of aliphatic hydroxyl groups excluding tert-OH is 1. The molecule has 0 heterocycles. The van der Waals surface area contributed by atoms with Gasteiger partial charge in [0.05, 0.1) is 0 Å². The monoisotopic (exact) mass is 316 g/mol. The molecule has 0 fully saturated rings. The Kier molecular flexibility index (Phi) is 12.3. The van der Waals surface area contributed by atoms with E-state index < -0.39 is 5.67 Å². The summed E-state index contributed by atoms with van der Waals surface area (Å²) in [6, 6.07) is 0. The van der Waals surface area contributed by atoms with E-state index in [1.165, 1.54) is 38.5 Å². The van der Waals surface area contributed by atoms with Crippen molar-refractivity contribution in [1.29, 1.82) is 0 Å². The van der Waals surface area contributed by atoms with Gasteiger partial charge in [-0.05, 0) is 31.1 Å². The van der Waals surface area contributed by atoms with Crippen molar-refractivity contribution in [1.82, 2.24) is 0 Å². The standard InChI is InChI=1S/C20H41FO/c1-17(2)9-6-10-18(3)11-7-12-19(4)13-8-14-20(5,21)15-16-22/h17-19,22H,6-16H2,1-5H3/t18-,19-,20?/m1/s1. The van der Waals surface area contributed by atoms with Crippen molar-refractivity contribution >= 4 is 0 Å². The first kappa shape index (κ1) is 21.9. The predicted octanol–water partition coefficient (Wildman–Crippen LogP) is 6.54. The zero-order valence-corrected chi connectivity index (χ0v) is 15.8. The molecule has 22 heavy (non-hydrogen) atoms. The first-order chi connectivity index (χ1) is 10.3. The van der Waals surface area contributed by atoms with Gasteiger partial charge in [0.2, 0.25) is 0 Å². The highest BCUT2D eigenvalue weighted by Crippen LogP contribution is 2.26. The molecule has 0 saturated carbocycles. The Hall–Kier alpha value is -0.110. The molecule has 1 nitrogen and oxygen atoms in total. The van der Waals surface area contributed by atoms with Gasteiger partial charge in [-0.25, -0.2) is 4.39 Å². The molecule has 1 unspecified atom stereocenters. The van der Waals surface area contributed by atoms with E-state index in [9.17, 15) is 4.39 Å². The summed E-state index contributed by atoms with van der Waals surface area (Å²) in [4.78, 5) is 0. The maximum Gasteiger partial charge on any atom is 0.110 e. The fourth-order valence-corrected chi connectivity index (χ4v) is 3.16. The van der Waals surface area contributed by atoms with Crippen LogP contribution in [-0.2, 0) is 0 Å². The van der Waals surface area contributed by atoms with E-state index in [-0.39, 0.29) is 13.0 Å². The molecule has 2 heteroatoms. The van der Waals surface area contributed by atoms with Crippen LogP contribution >= 0.6 is 0 Å². The van der Waals surface area contributed by atoms with Gasteiger partial charge in [0.15, 0.2) is 0 Å². The number of halogens is 1. The summed E-state index contributed by atoms with van der Waals surface area (Å²) in [7, 11) is 0. The third-order valence-electron chi connectivity index (χ3n) is 4.90. The highest BCUT2D eigenvalue weighted by atomic mass is 19.1. The van der Waals surface area contributed by atoms with Crippen LogP contribution in [0.2, 0.25) is 0 Å². The number of hydrogen-bond acceptors (Lipinski definition) is 1. The van der Waals surface area contributed by atoms with Crippen molar-refractivity contribution in [2.45, 2.75) is 104 Å². The van der Waals surface area contributed by atoms with Crippen LogP contribution in [0.5, 0.6) is 0 Å². The topological polar surface area (TPSA) is 20.2 Å². The molecule has 1 N–H and O–H groups in total. The van der Waals surface area contributed by atoms with Crippen LogP contribution in [0.3, 0.4) is 0 Å². The van der Waals surface area contributed by atoms with Gasteiger partial charge >= 0.3 is 0 Å². The predicted molar refractivity (Wildman–Crippen MR) is 95.9 cm³/mol. The van der Waals surface area contributed by atoms with Crippen LogP contribution in [0.1, 0.15) is 98.8 Å². The van der Waals surface area contributed by atoms with Crippen LogP contribution in [-0.4, -0.2) is 17.4 Å². The lowest BCUT2D eigenvalue weighted by molar-refractivity contribution is 0.118. The Morgan fingerprint density at radius 3 is 1.68 bits per heavy atom. The summed E-state index contributed by atoms with van der Waals surface area (Å²) >= 11 is 0. The van der Waals surface area contributed by atoms with E-state index in [2.05, 4.69) is 27.7 Å². The Balaban J connectivity index is 3.58. The largest absolute Gasteiger partial charge is 0.396 e. The van der Waals surface area contributed by atoms with Crippen molar-refractivity contribution in [2.75, 3.05) is 6.61 Å². The van der Waals surface area contributed by atoms with E-state index in [0.29, 0.717) is 12.3 Å². The summed E-state index contributed by atoms with van der Waals surface area (Å²) in [5.74, 6) is 2.39. The summed E-state index contributed by atoms with van der Waals surface area (Å²) < 4.78 is 13.9. The van der Waals surface area contributed by atoms with Gasteiger partial charge in [-0.3, -0.25) is 0 Å². The SMILES string of the molecule is CC(C)CCC[C@@H](C)CCC[C@@H](C)CCCC(C)(F)CCO. The van der Waals surface area contributed by atoms with Gasteiger partial charge in [0, 0.05) is 13.0 Å². The molecule has 0 aliphatic carbocycles. The highest BCUT2D eigenvalue weighted by Gasteiger charge is 2.21. The minimum atomic E-state index is -1.18. The molecule has 0 amide bonds. The summed E-state index contributed by atoms with van der Waals surface area (Å²) in [5.41, 5.74) is -1.18. The van der Waals surface area contributed by atoms with E-state index in [0.717, 1.165) is 24.7 Å². The van der Waals surface area contributed by atoms with Gasteiger partial charge in [0.1, 0.15) is 5.67 Å². The van der Waals surface area contributed by atoms with Crippen LogP contribution < -0.4 is 0 Å². The highest BCUT2D eigenvalue weighted by molar-refractivity contribution is 4.73. The van der Waals surface area contributed by atoms with Gasteiger partial charge in [-0.2, -0.15) is 0 Å². The average Bonchev–Trinajstić information content (AvgIpc) is 2.37. The molecule has 0 aromatic heterocycles. The molecule has 0 radical (unpaired) electrons. The summed E-state index contributed by atoms with van der Waals surface area (Å²) in [5, 5.41) is 8.83. The van der Waals surface area contributed by atoms with E-state index in [1.54, 1.807) is 6.92 Å². The molecule has 0 bridgehead atoms. The molecule has 3 atom stereocenters. The first-order valence-electron chi connectivity index (χ1n) is 9.56. The second kappa shape index (κ2) is 12.3. The normalized spacial score (nSPS) is 17.5. The Labute approximate surface area is 139 Å². The number of hydrogen-bond donors (Lipinski definition) is 1. The van der Waals surface area contributed by atoms with Crippen molar-refractivity contribution in [3.8, 4) is 0 Å². The van der Waals surface area contributed by atoms with Gasteiger partial charge in [-0.1, -0.05) is 79.1 Å². The zero-order chi connectivity index (χ0) is 17.0. The quantitative estimate of drug-likeness (QED) is 0.386. The summed E-state index contributed by atoms with van der Waals surface area (Å²) in [6.45, 7) is 10.9. The zero-order valence-electron chi connectivity index (χ0n) is 15.8. The fourth-order valence-electron chi connectivity index (χ4n) is 3.16. The number of aliphatic hydroxyl groups is 1. The van der Waals surface area contributed by atoms with E-state index in [4.69, 9.17) is 5.11 Å². The van der Waals surface area contributed by atoms with Gasteiger partial charge < -0.3 is 5.11 Å². The Morgan fingerprint density at radius 2 is 1.23 bits per heavy atom. The Bertz CT molecular complexity index is 250. The fraction of sp³-hybridized carbons (Fsp3) is 1.00. The third kappa shape index (κ3) is 13.5. The lowest BCUT2D eigenvalue weighted by atomic mass is 9.90. The van der Waals surface area contributed by atoms with Crippen molar-refractivity contribution in [2.24, 2.45) is 17.8 Å². The molecule has 0 aliphatic heterocycles.